The summed E-state index contributed by atoms with van der Waals surface area (Å²) < 4.78 is 34.4. The molecule has 0 aliphatic rings. The average Bonchev–Trinajstić information content (AvgIpc) is 2.14. The van der Waals surface area contributed by atoms with E-state index in [2.05, 4.69) is 172 Å². The minimum absolute atomic E-state index is 0.0382. The molecular formula is C82H138NO8P. The largest absolute Gasteiger partial charge is 0.756 e. The van der Waals surface area contributed by atoms with E-state index in [1.807, 2.05) is 21.1 Å². The van der Waals surface area contributed by atoms with Crippen molar-refractivity contribution in [3.05, 3.63) is 158 Å². The van der Waals surface area contributed by atoms with Gasteiger partial charge in [0.25, 0.3) is 7.82 Å². The minimum atomic E-state index is -4.65. The van der Waals surface area contributed by atoms with E-state index in [-0.39, 0.29) is 32.0 Å². The molecule has 9 nitrogen and oxygen atoms in total. The summed E-state index contributed by atoms with van der Waals surface area (Å²) in [7, 11) is 1.15. The molecule has 0 saturated heterocycles. The molecule has 0 aromatic rings. The lowest BCUT2D eigenvalue weighted by Crippen LogP contribution is -2.37. The summed E-state index contributed by atoms with van der Waals surface area (Å²) in [6.07, 6.45) is 106. The lowest BCUT2D eigenvalue weighted by molar-refractivity contribution is -0.870. The normalized spacial score (nSPS) is 14.0. The Bertz CT molecular complexity index is 2110. The van der Waals surface area contributed by atoms with Crippen molar-refractivity contribution in [1.29, 1.82) is 0 Å². The number of hydrogen-bond acceptors (Lipinski definition) is 8. The second kappa shape index (κ2) is 70.9. The molecule has 0 radical (unpaired) electrons. The highest BCUT2D eigenvalue weighted by Crippen LogP contribution is 2.38. The summed E-state index contributed by atoms with van der Waals surface area (Å²) in [5.41, 5.74) is 0. The first kappa shape index (κ1) is 87.6. The third-order valence-corrected chi connectivity index (χ3v) is 16.5. The van der Waals surface area contributed by atoms with Crippen LogP contribution in [0.5, 0.6) is 0 Å². The van der Waals surface area contributed by atoms with Gasteiger partial charge in [-0.25, -0.2) is 0 Å². The monoisotopic (exact) mass is 1300 g/mol. The van der Waals surface area contributed by atoms with E-state index in [9.17, 15) is 19.0 Å². The maximum Gasteiger partial charge on any atom is 0.306 e. The van der Waals surface area contributed by atoms with Gasteiger partial charge in [-0.2, -0.15) is 0 Å². The first-order valence-corrected chi connectivity index (χ1v) is 38.7. The lowest BCUT2D eigenvalue weighted by Gasteiger charge is -2.28. The van der Waals surface area contributed by atoms with Gasteiger partial charge < -0.3 is 27.9 Å². The molecule has 0 rings (SSSR count). The number of phosphoric ester groups is 1. The fraction of sp³-hybridized carbons (Fsp3) is 0.659. The van der Waals surface area contributed by atoms with Crippen molar-refractivity contribution in [2.24, 2.45) is 0 Å². The zero-order chi connectivity index (χ0) is 66.9. The molecule has 2 atom stereocenters. The van der Waals surface area contributed by atoms with Crippen molar-refractivity contribution in [1.82, 2.24) is 0 Å². The number of carbonyl (C=O) groups excluding carboxylic acids is 2. The van der Waals surface area contributed by atoms with Crippen LogP contribution in [0.25, 0.3) is 0 Å². The molecular weight excluding hydrogens is 1160 g/mol. The van der Waals surface area contributed by atoms with Crippen LogP contribution in [0.15, 0.2) is 158 Å². The Morgan fingerprint density at radius 1 is 0.337 bits per heavy atom. The van der Waals surface area contributed by atoms with Gasteiger partial charge >= 0.3 is 11.9 Å². The minimum Gasteiger partial charge on any atom is -0.756 e. The summed E-state index contributed by atoms with van der Waals surface area (Å²) in [5, 5.41) is 0. The fourth-order valence-electron chi connectivity index (χ4n) is 9.94. The quantitative estimate of drug-likeness (QED) is 0.0195. The van der Waals surface area contributed by atoms with E-state index in [4.69, 9.17) is 18.5 Å². The molecule has 524 valence electrons. The van der Waals surface area contributed by atoms with Crippen molar-refractivity contribution in [3.63, 3.8) is 0 Å². The van der Waals surface area contributed by atoms with Gasteiger partial charge in [0.15, 0.2) is 6.10 Å². The van der Waals surface area contributed by atoms with Crippen LogP contribution in [0.4, 0.5) is 0 Å². The zero-order valence-electron chi connectivity index (χ0n) is 59.7. The van der Waals surface area contributed by atoms with Gasteiger partial charge in [0.1, 0.15) is 19.8 Å². The standard InChI is InChI=1S/C82H138NO8P/c1-6-8-10-12-14-16-18-20-22-24-26-28-30-32-34-36-38-39-40-41-42-43-45-46-48-50-52-54-56-58-60-62-64-66-68-70-72-74-81(84)88-78-80(79-90-92(86,87)89-77-76-83(3,4)5)91-82(85)75-73-71-69-67-65-63-61-59-57-55-53-51-49-47-44-37-35-33-31-29-27-25-23-21-19-17-15-13-11-9-7-2/h8-11,14-17,20-23,26-29,32-35,38-39,44,47,51,53,80H,6-7,12-13,18-19,24-25,30-31,36-37,40-43,45-46,48-50,52,54-79H2,1-5H3/b10-8-,11-9-,16-14-,17-15-,22-20-,23-21-,28-26-,29-27-,34-32-,35-33-,39-38-,47-44-,53-51-. The predicted molar refractivity (Wildman–Crippen MR) is 397 cm³/mol. The van der Waals surface area contributed by atoms with E-state index in [0.29, 0.717) is 17.4 Å². The van der Waals surface area contributed by atoms with Crippen molar-refractivity contribution < 1.29 is 42.1 Å². The summed E-state index contributed by atoms with van der Waals surface area (Å²) in [6, 6.07) is 0. The summed E-state index contributed by atoms with van der Waals surface area (Å²) >= 11 is 0. The SMILES string of the molecule is CC/C=C\C/C=C\C/C=C\C/C=C\C/C=C\C/C=C\C/C=C\CCCCCCCCCCCC(=O)OC(COC(=O)CCCCCCCCCCCCCCCCCCCC/C=C\C/C=C\C/C=C\C/C=C\C/C=C\C/C=C\CC)COP(=O)([O-])OCC[N+](C)(C)C. The van der Waals surface area contributed by atoms with Gasteiger partial charge in [-0.1, -0.05) is 320 Å². The number of ether oxygens (including phenoxy) is 2. The Morgan fingerprint density at radius 2 is 0.587 bits per heavy atom. The molecule has 0 aromatic heterocycles. The number of nitrogens with zero attached hydrogens (tertiary/aromatic N) is 1. The molecule has 0 amide bonds. The molecule has 92 heavy (non-hydrogen) atoms. The Labute approximate surface area is 566 Å². The van der Waals surface area contributed by atoms with Gasteiger partial charge in [-0.3, -0.25) is 14.2 Å². The van der Waals surface area contributed by atoms with Crippen LogP contribution in [-0.2, 0) is 32.7 Å². The lowest BCUT2D eigenvalue weighted by atomic mass is 10.0. The van der Waals surface area contributed by atoms with Crippen LogP contribution < -0.4 is 4.89 Å². The maximum atomic E-state index is 12.9. The van der Waals surface area contributed by atoms with E-state index in [1.54, 1.807) is 0 Å². The number of hydrogen-bond donors (Lipinski definition) is 0. The molecule has 0 heterocycles. The van der Waals surface area contributed by atoms with Crippen molar-refractivity contribution in [2.45, 2.75) is 302 Å². The number of rotatable bonds is 67. The van der Waals surface area contributed by atoms with Gasteiger partial charge in [0.2, 0.25) is 0 Å². The van der Waals surface area contributed by atoms with Gasteiger partial charge in [0, 0.05) is 12.8 Å². The highest BCUT2D eigenvalue weighted by Gasteiger charge is 2.22. The highest BCUT2D eigenvalue weighted by atomic mass is 31.2. The number of unbranched alkanes of at least 4 members (excludes halogenated alkanes) is 27. The third kappa shape index (κ3) is 74.7. The van der Waals surface area contributed by atoms with E-state index < -0.39 is 26.5 Å². The summed E-state index contributed by atoms with van der Waals surface area (Å²) in [4.78, 5) is 38.1. The Hall–Kier alpha value is -4.37. The average molecular weight is 1300 g/mol. The molecule has 0 fully saturated rings. The molecule has 0 spiro atoms. The van der Waals surface area contributed by atoms with Crippen LogP contribution in [0.3, 0.4) is 0 Å². The van der Waals surface area contributed by atoms with Crippen LogP contribution in [0.1, 0.15) is 296 Å². The molecule has 0 saturated carbocycles. The number of allylic oxidation sites excluding steroid dienone is 26. The molecule has 0 aliphatic heterocycles. The number of likely N-dealkylation sites (N-methyl/N-ethyl adjacent to an activating group) is 1. The fourth-order valence-corrected chi connectivity index (χ4v) is 10.7. The number of phosphoric acid groups is 1. The maximum absolute atomic E-state index is 12.9. The molecule has 10 heteroatoms. The van der Waals surface area contributed by atoms with E-state index in [1.165, 1.54) is 135 Å². The zero-order valence-corrected chi connectivity index (χ0v) is 60.6. The number of esters is 2. The Balaban J connectivity index is 4.05. The highest BCUT2D eigenvalue weighted by molar-refractivity contribution is 7.45. The van der Waals surface area contributed by atoms with Crippen LogP contribution in [-0.4, -0.2) is 70.0 Å². The molecule has 0 bridgehead atoms. The first-order chi connectivity index (χ1) is 45.0. The van der Waals surface area contributed by atoms with Crippen molar-refractivity contribution >= 4 is 19.8 Å². The smallest absolute Gasteiger partial charge is 0.306 e. The van der Waals surface area contributed by atoms with Crippen molar-refractivity contribution in [3.8, 4) is 0 Å². The topological polar surface area (TPSA) is 111 Å². The molecule has 2 unspecified atom stereocenters. The van der Waals surface area contributed by atoms with Gasteiger partial charge in [-0.15, -0.1) is 0 Å². The van der Waals surface area contributed by atoms with Gasteiger partial charge in [0.05, 0.1) is 27.7 Å². The molecule has 0 aromatic carbocycles. The first-order valence-electron chi connectivity index (χ1n) is 37.2. The van der Waals surface area contributed by atoms with Crippen LogP contribution in [0.2, 0.25) is 0 Å². The van der Waals surface area contributed by atoms with Crippen molar-refractivity contribution in [2.75, 3.05) is 47.5 Å². The second-order valence-electron chi connectivity index (χ2n) is 25.5. The summed E-state index contributed by atoms with van der Waals surface area (Å²) in [5.74, 6) is -0.840. The molecule has 0 N–H and O–H groups in total. The Morgan fingerprint density at radius 3 is 0.870 bits per heavy atom. The number of quaternary nitrogens is 1. The van der Waals surface area contributed by atoms with Crippen LogP contribution in [0, 0.1) is 0 Å². The van der Waals surface area contributed by atoms with E-state index >= 15 is 0 Å². The van der Waals surface area contributed by atoms with E-state index in [0.717, 1.165) is 128 Å². The predicted octanol–water partition coefficient (Wildman–Crippen LogP) is 24.1. The van der Waals surface area contributed by atoms with Gasteiger partial charge in [-0.05, 0) is 122 Å². The number of carbonyl (C=O) groups is 2. The molecule has 0 aliphatic carbocycles. The van der Waals surface area contributed by atoms with Crippen LogP contribution >= 0.6 is 7.82 Å². The second-order valence-corrected chi connectivity index (χ2v) is 27.0. The summed E-state index contributed by atoms with van der Waals surface area (Å²) in [6.45, 7) is 4.01. The third-order valence-electron chi connectivity index (χ3n) is 15.5. The Kier molecular flexibility index (Phi) is 67.6.